The maximum absolute atomic E-state index is 14.0. The Kier molecular flexibility index (Phi) is 13.7. The van der Waals surface area contributed by atoms with Crippen molar-refractivity contribution in [2.75, 3.05) is 20.1 Å². The second-order valence-electron chi connectivity index (χ2n) is 13.4. The minimum Gasteiger partial charge on any atom is -0.444 e. The molecule has 3 rings (SSSR count). The van der Waals surface area contributed by atoms with Crippen molar-refractivity contribution in [2.24, 2.45) is 11.8 Å². The monoisotopic (exact) mass is 642 g/mol. The largest absolute Gasteiger partial charge is 0.444 e. The average molecular weight is 643 g/mol. The van der Waals surface area contributed by atoms with E-state index in [-0.39, 0.29) is 24.2 Å². The Morgan fingerprint density at radius 3 is 2.20 bits per heavy atom. The molecular weight excluding hydrogens is 592 g/mol. The van der Waals surface area contributed by atoms with E-state index < -0.39 is 35.8 Å². The van der Waals surface area contributed by atoms with E-state index in [4.69, 9.17) is 16.3 Å². The van der Waals surface area contributed by atoms with Crippen LogP contribution < -0.4 is 16.0 Å². The number of ether oxygens (including phenoxy) is 1. The number of hydrogen-bond acceptors (Lipinski definition) is 6. The number of carbonyl (C=O) groups excluding carboxylic acids is 3. The van der Waals surface area contributed by atoms with Gasteiger partial charge in [0.1, 0.15) is 11.6 Å². The van der Waals surface area contributed by atoms with Gasteiger partial charge in [0, 0.05) is 30.1 Å². The van der Waals surface area contributed by atoms with Crippen LogP contribution in [0.3, 0.4) is 0 Å². The zero-order valence-corrected chi connectivity index (χ0v) is 28.3. The van der Waals surface area contributed by atoms with Gasteiger partial charge >= 0.3 is 6.09 Å². The van der Waals surface area contributed by atoms with Crippen LogP contribution in [0, 0.1) is 11.8 Å². The van der Waals surface area contributed by atoms with Gasteiger partial charge in [0.25, 0.3) is 0 Å². The second-order valence-corrected chi connectivity index (χ2v) is 13.8. The van der Waals surface area contributed by atoms with Crippen molar-refractivity contribution in [3.63, 3.8) is 0 Å². The summed E-state index contributed by atoms with van der Waals surface area (Å²) in [5, 5.41) is 21.3. The van der Waals surface area contributed by atoms with E-state index in [2.05, 4.69) is 16.0 Å². The molecule has 2 aromatic rings. The van der Waals surface area contributed by atoms with Crippen molar-refractivity contribution in [1.82, 2.24) is 20.9 Å². The summed E-state index contributed by atoms with van der Waals surface area (Å²) in [6.07, 6.45) is 0.643. The lowest BCUT2D eigenvalue weighted by atomic mass is 9.88. The van der Waals surface area contributed by atoms with Crippen LogP contribution in [0.25, 0.3) is 0 Å². The Bertz CT molecular complexity index is 1240. The third kappa shape index (κ3) is 11.9. The van der Waals surface area contributed by atoms with Gasteiger partial charge in [0.15, 0.2) is 0 Å². The van der Waals surface area contributed by atoms with Crippen molar-refractivity contribution in [3.05, 3.63) is 70.7 Å². The normalized spacial score (nSPS) is 16.9. The minimum absolute atomic E-state index is 0.0399. The maximum atomic E-state index is 14.0. The Morgan fingerprint density at radius 2 is 1.62 bits per heavy atom. The predicted molar refractivity (Wildman–Crippen MR) is 178 cm³/mol. The molecule has 4 atom stereocenters. The molecular formula is C35H51ClN4O5. The van der Waals surface area contributed by atoms with Crippen molar-refractivity contribution >= 4 is 29.5 Å². The predicted octanol–water partition coefficient (Wildman–Crippen LogP) is 4.74. The van der Waals surface area contributed by atoms with E-state index in [0.717, 1.165) is 24.0 Å². The molecule has 1 heterocycles. The zero-order chi connectivity index (χ0) is 33.1. The highest BCUT2D eigenvalue weighted by Crippen LogP contribution is 2.22. The second kappa shape index (κ2) is 17.0. The Morgan fingerprint density at radius 1 is 0.978 bits per heavy atom. The Hall–Kier alpha value is -3.14. The summed E-state index contributed by atoms with van der Waals surface area (Å²) in [4.78, 5) is 42.3. The number of amides is 3. The van der Waals surface area contributed by atoms with Gasteiger partial charge < -0.3 is 30.7 Å². The third-order valence-corrected chi connectivity index (χ3v) is 8.41. The number of alkyl carbamates (subject to hydrolysis) is 1. The summed E-state index contributed by atoms with van der Waals surface area (Å²) in [5.74, 6) is -1.27. The molecule has 9 nitrogen and oxygen atoms in total. The molecule has 1 aliphatic rings. The molecule has 0 saturated carbocycles. The molecule has 0 aliphatic carbocycles. The number of halogens is 1. The van der Waals surface area contributed by atoms with Crippen LogP contribution in [0.15, 0.2) is 54.6 Å². The van der Waals surface area contributed by atoms with E-state index in [9.17, 15) is 19.5 Å². The highest BCUT2D eigenvalue weighted by Gasteiger charge is 2.35. The fourth-order valence-corrected chi connectivity index (χ4v) is 5.88. The number of nitrogens with zero attached hydrogens (tertiary/aromatic N) is 1. The molecule has 1 saturated heterocycles. The molecule has 0 radical (unpaired) electrons. The van der Waals surface area contributed by atoms with Gasteiger partial charge in [-0.3, -0.25) is 9.59 Å². The molecule has 2 aromatic carbocycles. The van der Waals surface area contributed by atoms with Crippen LogP contribution in [0.5, 0.6) is 0 Å². The van der Waals surface area contributed by atoms with Crippen LogP contribution in [0.4, 0.5) is 4.79 Å². The number of aliphatic hydroxyl groups excluding tert-OH is 1. The third-order valence-electron chi connectivity index (χ3n) is 8.18. The van der Waals surface area contributed by atoms with Crippen LogP contribution >= 0.6 is 11.6 Å². The highest BCUT2D eigenvalue weighted by atomic mass is 35.5. The van der Waals surface area contributed by atoms with Crippen LogP contribution in [0.2, 0.25) is 5.02 Å². The first-order valence-corrected chi connectivity index (χ1v) is 16.4. The van der Waals surface area contributed by atoms with Crippen LogP contribution in [0.1, 0.15) is 65.0 Å². The lowest BCUT2D eigenvalue weighted by Gasteiger charge is -2.36. The highest BCUT2D eigenvalue weighted by molar-refractivity contribution is 6.30. The molecule has 248 valence electrons. The van der Waals surface area contributed by atoms with E-state index in [1.165, 1.54) is 0 Å². The Balaban J connectivity index is 1.84. The van der Waals surface area contributed by atoms with E-state index in [0.29, 0.717) is 37.0 Å². The first kappa shape index (κ1) is 36.3. The number of benzene rings is 2. The molecule has 45 heavy (non-hydrogen) atoms. The SMILES string of the molecule is CNC1CCN(C(=O)[C@@H](NC(=O)C(Cc2cccc(Cl)c2)CC(O)C(Cc2ccccc2)NC(=O)OC(C)(C)C)C(C)C)CC1. The van der Waals surface area contributed by atoms with E-state index in [1.54, 1.807) is 32.9 Å². The number of hydrogen-bond donors (Lipinski definition) is 4. The molecule has 0 bridgehead atoms. The van der Waals surface area contributed by atoms with Crippen molar-refractivity contribution in [1.29, 1.82) is 0 Å². The smallest absolute Gasteiger partial charge is 0.407 e. The topological polar surface area (TPSA) is 120 Å². The summed E-state index contributed by atoms with van der Waals surface area (Å²) in [7, 11) is 1.93. The quantitative estimate of drug-likeness (QED) is 0.251. The fourth-order valence-electron chi connectivity index (χ4n) is 5.67. The molecule has 1 aliphatic heterocycles. The van der Waals surface area contributed by atoms with Crippen molar-refractivity contribution in [3.8, 4) is 0 Å². The maximum Gasteiger partial charge on any atom is 0.407 e. The average Bonchev–Trinajstić information content (AvgIpc) is 2.98. The van der Waals surface area contributed by atoms with Gasteiger partial charge in [0.2, 0.25) is 11.8 Å². The summed E-state index contributed by atoms with van der Waals surface area (Å²) >= 11 is 6.27. The summed E-state index contributed by atoms with van der Waals surface area (Å²) in [6.45, 7) is 10.4. The van der Waals surface area contributed by atoms with Gasteiger partial charge in [-0.1, -0.05) is 67.9 Å². The lowest BCUT2D eigenvalue weighted by Crippen LogP contribution is -2.55. The fraction of sp³-hybridized carbons (Fsp3) is 0.571. The summed E-state index contributed by atoms with van der Waals surface area (Å²) in [6, 6.07) is 15.7. The molecule has 0 aromatic heterocycles. The molecule has 4 N–H and O–H groups in total. The number of likely N-dealkylation sites (tertiary alicyclic amines) is 1. The van der Waals surface area contributed by atoms with Gasteiger partial charge in [-0.05, 0) is 89.1 Å². The standard InChI is InChI=1S/C35H51ClN4O5/c1-23(2)31(33(43)40-17-15-28(37-6)16-18-40)39-32(42)26(19-25-13-10-14-27(36)20-25)22-30(41)29(21-24-11-8-7-9-12-24)38-34(44)45-35(3,4)5/h7-14,20,23,26,28-31,37,41H,15-19,21-22H2,1-6H3,(H,38,44)(H,39,42)/t26?,29?,30?,31-/m0/s1. The summed E-state index contributed by atoms with van der Waals surface area (Å²) < 4.78 is 5.49. The number of piperidine rings is 1. The van der Waals surface area contributed by atoms with Crippen molar-refractivity contribution < 1.29 is 24.2 Å². The van der Waals surface area contributed by atoms with Gasteiger partial charge in [-0.15, -0.1) is 0 Å². The van der Waals surface area contributed by atoms with Crippen LogP contribution in [-0.2, 0) is 27.2 Å². The lowest BCUT2D eigenvalue weighted by molar-refractivity contribution is -0.139. The summed E-state index contributed by atoms with van der Waals surface area (Å²) in [5.41, 5.74) is 1.03. The van der Waals surface area contributed by atoms with Crippen molar-refractivity contribution in [2.45, 2.75) is 96.6 Å². The molecule has 10 heteroatoms. The zero-order valence-electron chi connectivity index (χ0n) is 27.5. The molecule has 3 amide bonds. The first-order valence-electron chi connectivity index (χ1n) is 16.0. The molecule has 3 unspecified atom stereocenters. The van der Waals surface area contributed by atoms with E-state index >= 15 is 0 Å². The first-order chi connectivity index (χ1) is 21.3. The van der Waals surface area contributed by atoms with Gasteiger partial charge in [0.05, 0.1) is 12.1 Å². The number of rotatable bonds is 13. The number of nitrogens with one attached hydrogen (secondary N) is 3. The van der Waals surface area contributed by atoms with Gasteiger partial charge in [-0.2, -0.15) is 0 Å². The van der Waals surface area contributed by atoms with Gasteiger partial charge in [-0.25, -0.2) is 4.79 Å². The molecule has 1 fully saturated rings. The Labute approximate surface area is 273 Å². The van der Waals surface area contributed by atoms with Crippen LogP contribution in [-0.4, -0.2) is 77.9 Å². The number of carbonyl (C=O) groups is 3. The van der Waals surface area contributed by atoms with E-state index in [1.807, 2.05) is 68.3 Å². The minimum atomic E-state index is -1.10. The number of aliphatic hydroxyl groups is 1. The molecule has 0 spiro atoms.